The van der Waals surface area contributed by atoms with E-state index >= 15 is 0 Å². The summed E-state index contributed by atoms with van der Waals surface area (Å²) in [5.74, 6) is 0.887. The first kappa shape index (κ1) is 17.4. The summed E-state index contributed by atoms with van der Waals surface area (Å²) in [5.41, 5.74) is 2.12. The number of nitrogens with zero attached hydrogens (tertiary/aromatic N) is 2. The molecule has 2 aliphatic rings. The lowest BCUT2D eigenvalue weighted by molar-refractivity contribution is -0.117. The first-order chi connectivity index (χ1) is 11.7. The fourth-order valence-corrected chi connectivity index (χ4v) is 3.39. The maximum Gasteiger partial charge on any atom is 0.238 e. The van der Waals surface area contributed by atoms with Gasteiger partial charge in [-0.25, -0.2) is 0 Å². The van der Waals surface area contributed by atoms with Crippen LogP contribution in [0.4, 0.5) is 5.69 Å². The normalized spacial score (nSPS) is 20.9. The SMILES string of the molecule is CC1CCN(CC(=O)Nc2ccccc2CN2CCOCC2)CC1. The predicted molar refractivity (Wildman–Crippen MR) is 96.0 cm³/mol. The molecular weight excluding hydrogens is 302 g/mol. The first-order valence-corrected chi connectivity index (χ1v) is 9.11. The fourth-order valence-electron chi connectivity index (χ4n) is 3.39. The van der Waals surface area contributed by atoms with Crippen molar-refractivity contribution < 1.29 is 9.53 Å². The van der Waals surface area contributed by atoms with Gasteiger partial charge in [0.05, 0.1) is 19.8 Å². The third-order valence-electron chi connectivity index (χ3n) is 5.03. The highest BCUT2D eigenvalue weighted by Crippen LogP contribution is 2.19. The van der Waals surface area contributed by atoms with Crippen LogP contribution in [0.2, 0.25) is 0 Å². The number of anilines is 1. The highest BCUT2D eigenvalue weighted by atomic mass is 16.5. The van der Waals surface area contributed by atoms with Crippen LogP contribution >= 0.6 is 0 Å². The molecular formula is C19H29N3O2. The average molecular weight is 331 g/mol. The van der Waals surface area contributed by atoms with Gasteiger partial charge in [0.2, 0.25) is 5.91 Å². The largest absolute Gasteiger partial charge is 0.379 e. The van der Waals surface area contributed by atoms with Gasteiger partial charge in [-0.15, -0.1) is 0 Å². The number of morpholine rings is 1. The van der Waals surface area contributed by atoms with Gasteiger partial charge in [0, 0.05) is 25.3 Å². The lowest BCUT2D eigenvalue weighted by Crippen LogP contribution is -2.39. The second kappa shape index (κ2) is 8.60. The number of para-hydroxylation sites is 1. The Hall–Kier alpha value is -1.43. The maximum atomic E-state index is 12.4. The molecule has 1 aromatic rings. The summed E-state index contributed by atoms with van der Waals surface area (Å²) in [6.07, 6.45) is 2.39. The summed E-state index contributed by atoms with van der Waals surface area (Å²) in [5, 5.41) is 3.12. The molecule has 0 aliphatic carbocycles. The number of ether oxygens (including phenoxy) is 1. The van der Waals surface area contributed by atoms with Crippen molar-refractivity contribution in [2.75, 3.05) is 51.3 Å². The number of hydrogen-bond acceptors (Lipinski definition) is 4. The Kier molecular flexibility index (Phi) is 6.24. The Morgan fingerprint density at radius 1 is 1.12 bits per heavy atom. The van der Waals surface area contributed by atoms with E-state index in [-0.39, 0.29) is 5.91 Å². The van der Waals surface area contributed by atoms with E-state index < -0.39 is 0 Å². The highest BCUT2D eigenvalue weighted by molar-refractivity contribution is 5.93. The zero-order chi connectivity index (χ0) is 16.8. The van der Waals surface area contributed by atoms with E-state index in [1.54, 1.807) is 0 Å². The molecule has 2 fully saturated rings. The van der Waals surface area contributed by atoms with Gasteiger partial charge in [0.1, 0.15) is 0 Å². The number of rotatable bonds is 5. The van der Waals surface area contributed by atoms with Gasteiger partial charge in [-0.3, -0.25) is 14.6 Å². The van der Waals surface area contributed by atoms with E-state index in [4.69, 9.17) is 4.74 Å². The summed E-state index contributed by atoms with van der Waals surface area (Å²) >= 11 is 0. The Morgan fingerprint density at radius 3 is 2.58 bits per heavy atom. The second-order valence-corrected chi connectivity index (χ2v) is 7.05. The van der Waals surface area contributed by atoms with Crippen LogP contribution in [0.15, 0.2) is 24.3 Å². The summed E-state index contributed by atoms with van der Waals surface area (Å²) in [7, 11) is 0. The van der Waals surface area contributed by atoms with Crippen LogP contribution in [0.25, 0.3) is 0 Å². The Bertz CT molecular complexity index is 535. The molecule has 132 valence electrons. The van der Waals surface area contributed by atoms with Crippen molar-refractivity contribution in [1.82, 2.24) is 9.80 Å². The number of benzene rings is 1. The third kappa shape index (κ3) is 5.03. The molecule has 24 heavy (non-hydrogen) atoms. The van der Waals surface area contributed by atoms with E-state index in [0.717, 1.165) is 57.5 Å². The minimum atomic E-state index is 0.0963. The van der Waals surface area contributed by atoms with Gasteiger partial charge in [0.25, 0.3) is 0 Å². The molecule has 0 aromatic heterocycles. The number of piperidine rings is 1. The summed E-state index contributed by atoms with van der Waals surface area (Å²) < 4.78 is 5.41. The lowest BCUT2D eigenvalue weighted by Gasteiger charge is -2.30. The van der Waals surface area contributed by atoms with Crippen LogP contribution in [-0.2, 0) is 16.1 Å². The molecule has 1 amide bonds. The van der Waals surface area contributed by atoms with Crippen LogP contribution in [0.5, 0.6) is 0 Å². The molecule has 0 atom stereocenters. The molecule has 0 unspecified atom stereocenters. The van der Waals surface area contributed by atoms with Crippen molar-refractivity contribution in [2.45, 2.75) is 26.3 Å². The molecule has 1 aromatic carbocycles. The molecule has 3 rings (SSSR count). The van der Waals surface area contributed by atoms with Crippen LogP contribution in [0.1, 0.15) is 25.3 Å². The molecule has 2 aliphatic heterocycles. The molecule has 2 heterocycles. The quantitative estimate of drug-likeness (QED) is 0.898. The molecule has 0 bridgehead atoms. The van der Waals surface area contributed by atoms with Crippen molar-refractivity contribution in [3.05, 3.63) is 29.8 Å². The highest BCUT2D eigenvalue weighted by Gasteiger charge is 2.19. The Morgan fingerprint density at radius 2 is 1.83 bits per heavy atom. The van der Waals surface area contributed by atoms with E-state index in [1.165, 1.54) is 18.4 Å². The maximum absolute atomic E-state index is 12.4. The number of carbonyl (C=O) groups excluding carboxylic acids is 1. The Labute approximate surface area is 145 Å². The minimum Gasteiger partial charge on any atom is -0.379 e. The molecule has 0 spiro atoms. The van der Waals surface area contributed by atoms with E-state index in [9.17, 15) is 4.79 Å². The monoisotopic (exact) mass is 331 g/mol. The molecule has 5 nitrogen and oxygen atoms in total. The fraction of sp³-hybridized carbons (Fsp3) is 0.632. The number of carbonyl (C=O) groups is 1. The van der Waals surface area contributed by atoms with Gasteiger partial charge in [0.15, 0.2) is 0 Å². The number of likely N-dealkylation sites (tertiary alicyclic amines) is 1. The molecule has 0 radical (unpaired) electrons. The molecule has 0 saturated carbocycles. The van der Waals surface area contributed by atoms with Crippen LogP contribution in [0, 0.1) is 5.92 Å². The van der Waals surface area contributed by atoms with E-state index in [2.05, 4.69) is 28.1 Å². The first-order valence-electron chi connectivity index (χ1n) is 9.11. The van der Waals surface area contributed by atoms with Gasteiger partial charge < -0.3 is 10.1 Å². The van der Waals surface area contributed by atoms with Gasteiger partial charge in [-0.1, -0.05) is 25.1 Å². The summed E-state index contributed by atoms with van der Waals surface area (Å²) in [6.45, 7) is 9.21. The van der Waals surface area contributed by atoms with Crippen molar-refractivity contribution in [3.8, 4) is 0 Å². The predicted octanol–water partition coefficient (Wildman–Crippen LogP) is 2.19. The van der Waals surface area contributed by atoms with E-state index in [1.807, 2.05) is 18.2 Å². The topological polar surface area (TPSA) is 44.8 Å². The van der Waals surface area contributed by atoms with Gasteiger partial charge >= 0.3 is 0 Å². The summed E-state index contributed by atoms with van der Waals surface area (Å²) in [4.78, 5) is 17.1. The number of amides is 1. The molecule has 5 heteroatoms. The van der Waals surface area contributed by atoms with Crippen molar-refractivity contribution in [2.24, 2.45) is 5.92 Å². The van der Waals surface area contributed by atoms with Crippen LogP contribution < -0.4 is 5.32 Å². The van der Waals surface area contributed by atoms with Crippen LogP contribution in [-0.4, -0.2) is 61.6 Å². The lowest BCUT2D eigenvalue weighted by atomic mass is 9.99. The van der Waals surface area contributed by atoms with Crippen LogP contribution in [0.3, 0.4) is 0 Å². The number of nitrogens with one attached hydrogen (secondary N) is 1. The van der Waals surface area contributed by atoms with Gasteiger partial charge in [-0.05, 0) is 43.5 Å². The minimum absolute atomic E-state index is 0.0963. The Balaban J connectivity index is 1.55. The average Bonchev–Trinajstić information content (AvgIpc) is 2.60. The number of hydrogen-bond donors (Lipinski definition) is 1. The zero-order valence-electron chi connectivity index (χ0n) is 14.7. The van der Waals surface area contributed by atoms with Crippen molar-refractivity contribution >= 4 is 11.6 Å². The van der Waals surface area contributed by atoms with Crippen molar-refractivity contribution in [3.63, 3.8) is 0 Å². The van der Waals surface area contributed by atoms with Crippen molar-refractivity contribution in [1.29, 1.82) is 0 Å². The smallest absolute Gasteiger partial charge is 0.238 e. The molecule has 2 saturated heterocycles. The molecule has 1 N–H and O–H groups in total. The standard InChI is InChI=1S/C19H29N3O2/c1-16-6-8-21(9-7-16)15-19(23)20-18-5-3-2-4-17(18)14-22-10-12-24-13-11-22/h2-5,16H,6-15H2,1H3,(H,20,23). The van der Waals surface area contributed by atoms with E-state index in [0.29, 0.717) is 6.54 Å². The second-order valence-electron chi connectivity index (χ2n) is 7.05. The summed E-state index contributed by atoms with van der Waals surface area (Å²) in [6, 6.07) is 8.14. The third-order valence-corrected chi connectivity index (χ3v) is 5.03. The van der Waals surface area contributed by atoms with Gasteiger partial charge in [-0.2, -0.15) is 0 Å². The zero-order valence-corrected chi connectivity index (χ0v) is 14.7.